The minimum Gasteiger partial charge on any atom is -0.326 e. The summed E-state index contributed by atoms with van der Waals surface area (Å²) in [5, 5.41) is 13.9. The van der Waals surface area contributed by atoms with E-state index in [2.05, 4.69) is 20.8 Å². The maximum atomic E-state index is 12.9. The fourth-order valence-corrected chi connectivity index (χ4v) is 4.81. The van der Waals surface area contributed by atoms with Crippen LogP contribution >= 0.6 is 0 Å². The SMILES string of the molecule is CCN(CC)S(=O)(=O)c1cc(C)c(C)c(NC(=O)Cc2ccc(-n3cnnn3)cc2)c1. The normalized spacial score (nSPS) is 11.6. The number of anilines is 1. The zero-order chi connectivity index (χ0) is 22.6. The number of benzene rings is 2. The zero-order valence-electron chi connectivity index (χ0n) is 18.0. The summed E-state index contributed by atoms with van der Waals surface area (Å²) in [4.78, 5) is 12.8. The number of amides is 1. The maximum Gasteiger partial charge on any atom is 0.243 e. The van der Waals surface area contributed by atoms with Gasteiger partial charge in [-0.1, -0.05) is 26.0 Å². The van der Waals surface area contributed by atoms with Crippen LogP contribution in [-0.2, 0) is 21.2 Å². The van der Waals surface area contributed by atoms with Crippen LogP contribution in [-0.4, -0.2) is 51.9 Å². The Morgan fingerprint density at radius 2 is 1.77 bits per heavy atom. The minimum atomic E-state index is -3.62. The first-order valence-corrected chi connectivity index (χ1v) is 11.4. The summed E-state index contributed by atoms with van der Waals surface area (Å²) < 4.78 is 28.8. The van der Waals surface area contributed by atoms with Crippen LogP contribution in [0, 0.1) is 13.8 Å². The van der Waals surface area contributed by atoms with E-state index in [0.717, 1.165) is 22.4 Å². The number of carbonyl (C=O) groups is 1. The van der Waals surface area contributed by atoms with Crippen molar-refractivity contribution in [3.05, 3.63) is 59.4 Å². The van der Waals surface area contributed by atoms with Gasteiger partial charge in [0.2, 0.25) is 15.9 Å². The Hall–Kier alpha value is -3.11. The van der Waals surface area contributed by atoms with Crippen molar-refractivity contribution < 1.29 is 13.2 Å². The molecule has 1 heterocycles. The Morgan fingerprint density at radius 1 is 1.10 bits per heavy atom. The van der Waals surface area contributed by atoms with E-state index in [1.54, 1.807) is 19.9 Å². The number of nitrogens with one attached hydrogen (secondary N) is 1. The van der Waals surface area contributed by atoms with Crippen molar-refractivity contribution in [1.29, 1.82) is 0 Å². The molecule has 164 valence electrons. The van der Waals surface area contributed by atoms with Crippen molar-refractivity contribution in [3.63, 3.8) is 0 Å². The van der Waals surface area contributed by atoms with Gasteiger partial charge in [0.05, 0.1) is 17.0 Å². The highest BCUT2D eigenvalue weighted by molar-refractivity contribution is 7.89. The average Bonchev–Trinajstić information content (AvgIpc) is 3.27. The number of aromatic nitrogens is 4. The molecule has 0 aliphatic rings. The van der Waals surface area contributed by atoms with Crippen LogP contribution in [0.3, 0.4) is 0 Å². The van der Waals surface area contributed by atoms with Gasteiger partial charge in [0.1, 0.15) is 6.33 Å². The molecule has 1 aromatic heterocycles. The summed E-state index contributed by atoms with van der Waals surface area (Å²) in [6.07, 6.45) is 1.65. The fourth-order valence-electron chi connectivity index (χ4n) is 3.24. The number of nitrogens with zero attached hydrogens (tertiary/aromatic N) is 5. The quantitative estimate of drug-likeness (QED) is 0.574. The predicted molar refractivity (Wildman–Crippen MR) is 118 cm³/mol. The number of tetrazole rings is 1. The Labute approximate surface area is 182 Å². The number of sulfonamides is 1. The zero-order valence-corrected chi connectivity index (χ0v) is 18.8. The van der Waals surface area contributed by atoms with Gasteiger partial charge in [-0.15, -0.1) is 5.10 Å². The van der Waals surface area contributed by atoms with Crippen LogP contribution in [0.15, 0.2) is 47.6 Å². The molecule has 3 aromatic rings. The monoisotopic (exact) mass is 442 g/mol. The number of hydrogen-bond acceptors (Lipinski definition) is 6. The summed E-state index contributed by atoms with van der Waals surface area (Å²) >= 11 is 0. The first kappa shape index (κ1) is 22.6. The second-order valence-corrected chi connectivity index (χ2v) is 9.09. The molecule has 0 radical (unpaired) electrons. The van der Waals surface area contributed by atoms with E-state index in [1.807, 2.05) is 38.1 Å². The topological polar surface area (TPSA) is 110 Å². The molecule has 0 unspecified atom stereocenters. The summed E-state index contributed by atoms with van der Waals surface area (Å²) in [5.74, 6) is -0.227. The van der Waals surface area contributed by atoms with E-state index in [1.165, 1.54) is 21.4 Å². The highest BCUT2D eigenvalue weighted by Crippen LogP contribution is 2.26. The van der Waals surface area contributed by atoms with Crippen LogP contribution in [0.25, 0.3) is 5.69 Å². The first-order valence-electron chi connectivity index (χ1n) is 9.99. The largest absolute Gasteiger partial charge is 0.326 e. The van der Waals surface area contributed by atoms with Crippen LogP contribution < -0.4 is 5.32 Å². The second-order valence-electron chi connectivity index (χ2n) is 7.15. The van der Waals surface area contributed by atoms with Crippen molar-refractivity contribution in [1.82, 2.24) is 24.5 Å². The molecule has 0 saturated carbocycles. The molecule has 9 nitrogen and oxygen atoms in total. The third-order valence-electron chi connectivity index (χ3n) is 5.17. The van der Waals surface area contributed by atoms with Crippen molar-refractivity contribution >= 4 is 21.6 Å². The van der Waals surface area contributed by atoms with Crippen molar-refractivity contribution in [2.24, 2.45) is 0 Å². The second kappa shape index (κ2) is 9.36. The minimum absolute atomic E-state index is 0.154. The van der Waals surface area contributed by atoms with Gasteiger partial charge in [0.25, 0.3) is 0 Å². The Bertz CT molecular complexity index is 1150. The van der Waals surface area contributed by atoms with Gasteiger partial charge in [-0.2, -0.15) is 4.31 Å². The van der Waals surface area contributed by atoms with E-state index in [4.69, 9.17) is 0 Å². The molecule has 0 atom stereocenters. The molecular formula is C21H26N6O3S. The maximum absolute atomic E-state index is 12.9. The van der Waals surface area contributed by atoms with Crippen LogP contribution in [0.5, 0.6) is 0 Å². The smallest absolute Gasteiger partial charge is 0.243 e. The fraction of sp³-hybridized carbons (Fsp3) is 0.333. The summed E-state index contributed by atoms with van der Waals surface area (Å²) in [5.41, 5.74) is 3.74. The highest BCUT2D eigenvalue weighted by atomic mass is 32.2. The molecule has 0 aliphatic carbocycles. The Balaban J connectivity index is 1.79. The Kier molecular flexibility index (Phi) is 6.81. The summed E-state index contributed by atoms with van der Waals surface area (Å²) in [7, 11) is -3.62. The lowest BCUT2D eigenvalue weighted by Gasteiger charge is -2.20. The molecule has 2 aromatic carbocycles. The Morgan fingerprint density at radius 3 is 2.35 bits per heavy atom. The van der Waals surface area contributed by atoms with E-state index in [9.17, 15) is 13.2 Å². The number of aryl methyl sites for hydroxylation is 1. The lowest BCUT2D eigenvalue weighted by molar-refractivity contribution is -0.115. The highest BCUT2D eigenvalue weighted by Gasteiger charge is 2.23. The molecule has 0 saturated heterocycles. The molecule has 10 heteroatoms. The van der Waals surface area contributed by atoms with Gasteiger partial charge in [0.15, 0.2) is 0 Å². The number of rotatable bonds is 8. The number of carbonyl (C=O) groups excluding carboxylic acids is 1. The molecule has 0 bridgehead atoms. The molecule has 0 fully saturated rings. The molecule has 31 heavy (non-hydrogen) atoms. The summed E-state index contributed by atoms with van der Waals surface area (Å²) in [6.45, 7) is 8.07. The van der Waals surface area contributed by atoms with Crippen LogP contribution in [0.2, 0.25) is 0 Å². The van der Waals surface area contributed by atoms with E-state index in [-0.39, 0.29) is 17.2 Å². The number of hydrogen-bond donors (Lipinski definition) is 1. The molecule has 0 aliphatic heterocycles. The van der Waals surface area contributed by atoms with E-state index >= 15 is 0 Å². The average molecular weight is 443 g/mol. The third-order valence-corrected chi connectivity index (χ3v) is 7.20. The lowest BCUT2D eigenvalue weighted by atomic mass is 10.1. The van der Waals surface area contributed by atoms with Gasteiger partial charge in [-0.3, -0.25) is 4.79 Å². The third kappa shape index (κ3) is 4.97. The van der Waals surface area contributed by atoms with Gasteiger partial charge >= 0.3 is 0 Å². The van der Waals surface area contributed by atoms with Crippen LogP contribution in [0.4, 0.5) is 5.69 Å². The standard InChI is InChI=1S/C21H26N6O3S/c1-5-26(6-2)31(29,30)19-11-15(3)16(4)20(13-19)23-21(28)12-17-7-9-18(10-8-17)27-14-22-24-25-27/h7-11,13-14H,5-6,12H2,1-4H3,(H,23,28). The van der Waals surface area contributed by atoms with Gasteiger partial charge in [0, 0.05) is 18.8 Å². The van der Waals surface area contributed by atoms with Crippen molar-refractivity contribution in [2.75, 3.05) is 18.4 Å². The molecule has 1 amide bonds. The summed E-state index contributed by atoms with van der Waals surface area (Å²) in [6, 6.07) is 10.5. The van der Waals surface area contributed by atoms with Gasteiger partial charge in [-0.05, 0) is 65.2 Å². The van der Waals surface area contributed by atoms with Crippen LogP contribution in [0.1, 0.15) is 30.5 Å². The molecular weight excluding hydrogens is 416 g/mol. The molecule has 0 spiro atoms. The molecule has 1 N–H and O–H groups in total. The van der Waals surface area contributed by atoms with Gasteiger partial charge in [-0.25, -0.2) is 13.1 Å². The lowest BCUT2D eigenvalue weighted by Crippen LogP contribution is -2.30. The van der Waals surface area contributed by atoms with Crippen molar-refractivity contribution in [3.8, 4) is 5.69 Å². The molecule has 3 rings (SSSR count). The van der Waals surface area contributed by atoms with E-state index in [0.29, 0.717) is 18.8 Å². The van der Waals surface area contributed by atoms with Crippen molar-refractivity contribution in [2.45, 2.75) is 39.0 Å². The first-order chi connectivity index (χ1) is 14.8. The van der Waals surface area contributed by atoms with E-state index < -0.39 is 10.0 Å². The predicted octanol–water partition coefficient (Wildman–Crippen LogP) is 2.49. The van der Waals surface area contributed by atoms with Gasteiger partial charge < -0.3 is 5.32 Å².